The monoisotopic (exact) mass is 208 g/mol. The number of nitrogens with zero attached hydrogens (tertiary/aromatic N) is 1. The Bertz CT molecular complexity index is 335. The Morgan fingerprint density at radius 3 is 2.50 bits per heavy atom. The molecule has 0 amide bonds. The maximum atomic E-state index is 12.9. The van der Waals surface area contributed by atoms with Crippen LogP contribution in [0.2, 0.25) is 0 Å². The second-order valence-electron chi connectivity index (χ2n) is 2.91. The molecule has 2 nitrogen and oxygen atoms in total. The topological polar surface area (TPSA) is 38.9 Å². The van der Waals surface area contributed by atoms with Crippen LogP contribution in [0.1, 0.15) is 17.2 Å². The van der Waals surface area contributed by atoms with Crippen molar-refractivity contribution in [3.8, 4) is 0 Å². The number of aryl methyl sites for hydroxylation is 1. The number of aromatic nitrogens is 1. The number of pyridine rings is 1. The van der Waals surface area contributed by atoms with E-state index in [0.717, 1.165) is 12.3 Å². The van der Waals surface area contributed by atoms with Gasteiger partial charge in [-0.3, -0.25) is 0 Å². The minimum atomic E-state index is -4.66. The molecule has 0 unspecified atom stereocenters. The van der Waals surface area contributed by atoms with Crippen LogP contribution < -0.4 is 5.73 Å². The van der Waals surface area contributed by atoms with Crippen molar-refractivity contribution in [1.29, 1.82) is 0 Å². The largest absolute Gasteiger partial charge is 0.407 e. The molecule has 0 aliphatic heterocycles. The van der Waals surface area contributed by atoms with Crippen molar-refractivity contribution in [1.82, 2.24) is 4.98 Å². The maximum Gasteiger partial charge on any atom is 0.407 e. The Hall–Kier alpha value is -1.17. The highest BCUT2D eigenvalue weighted by Crippen LogP contribution is 2.31. The summed E-state index contributed by atoms with van der Waals surface area (Å²) in [5.41, 5.74) is 4.64. The van der Waals surface area contributed by atoms with Gasteiger partial charge < -0.3 is 5.73 Å². The molecule has 78 valence electrons. The van der Waals surface area contributed by atoms with E-state index in [2.05, 4.69) is 4.98 Å². The van der Waals surface area contributed by atoms with Crippen molar-refractivity contribution >= 4 is 0 Å². The Kier molecular flexibility index (Phi) is 2.75. The lowest BCUT2D eigenvalue weighted by Gasteiger charge is -2.16. The van der Waals surface area contributed by atoms with Gasteiger partial charge in [0.15, 0.2) is 0 Å². The van der Waals surface area contributed by atoms with Gasteiger partial charge in [-0.05, 0) is 18.6 Å². The molecule has 0 spiro atoms. The van der Waals surface area contributed by atoms with Crippen LogP contribution in [0.3, 0.4) is 0 Å². The summed E-state index contributed by atoms with van der Waals surface area (Å²) in [6.45, 7) is 1.51. The molecule has 1 aromatic heterocycles. The molecule has 0 aliphatic rings. The first kappa shape index (κ1) is 10.9. The summed E-state index contributed by atoms with van der Waals surface area (Å²) in [5, 5.41) is 0. The minimum Gasteiger partial charge on any atom is -0.316 e. The molecule has 1 aromatic rings. The predicted octanol–water partition coefficient (Wildman–Crippen LogP) is 2.09. The molecule has 0 bridgehead atoms. The molecule has 2 N–H and O–H groups in total. The van der Waals surface area contributed by atoms with Gasteiger partial charge in [-0.15, -0.1) is 0 Å². The van der Waals surface area contributed by atoms with Crippen molar-refractivity contribution in [2.24, 2.45) is 5.73 Å². The van der Waals surface area contributed by atoms with Crippen LogP contribution in [-0.2, 0) is 0 Å². The van der Waals surface area contributed by atoms with E-state index in [1.807, 2.05) is 0 Å². The molecule has 0 saturated carbocycles. The van der Waals surface area contributed by atoms with E-state index >= 15 is 0 Å². The van der Waals surface area contributed by atoms with Gasteiger partial charge >= 0.3 is 6.18 Å². The lowest BCUT2D eigenvalue weighted by Crippen LogP contribution is -2.29. The molecular formula is C8H8F4N2. The highest BCUT2D eigenvalue weighted by Gasteiger charge is 2.39. The van der Waals surface area contributed by atoms with E-state index in [0.29, 0.717) is 5.56 Å². The Balaban J connectivity index is 3.12. The van der Waals surface area contributed by atoms with E-state index in [1.54, 1.807) is 0 Å². The lowest BCUT2D eigenvalue weighted by atomic mass is 10.1. The molecule has 1 rings (SSSR count). The highest BCUT2D eigenvalue weighted by atomic mass is 19.4. The minimum absolute atomic E-state index is 0.432. The summed E-state index contributed by atoms with van der Waals surface area (Å²) >= 11 is 0. The van der Waals surface area contributed by atoms with Crippen molar-refractivity contribution in [3.63, 3.8) is 0 Å². The van der Waals surface area contributed by atoms with Gasteiger partial charge in [0.1, 0.15) is 6.04 Å². The quantitative estimate of drug-likeness (QED) is 0.567. The fourth-order valence-corrected chi connectivity index (χ4v) is 0.970. The molecule has 0 aromatic carbocycles. The fraction of sp³-hybridized carbons (Fsp3) is 0.375. The maximum absolute atomic E-state index is 12.9. The van der Waals surface area contributed by atoms with Gasteiger partial charge in [0.05, 0.1) is 0 Å². The first-order chi connectivity index (χ1) is 6.32. The summed E-state index contributed by atoms with van der Waals surface area (Å²) in [5.74, 6) is -1.18. The summed E-state index contributed by atoms with van der Waals surface area (Å²) < 4.78 is 49.2. The lowest BCUT2D eigenvalue weighted by molar-refractivity contribution is -0.149. The number of hydrogen-bond donors (Lipinski definition) is 1. The summed E-state index contributed by atoms with van der Waals surface area (Å²) in [4.78, 5) is 3.17. The molecule has 0 saturated heterocycles. The van der Waals surface area contributed by atoms with Crippen molar-refractivity contribution < 1.29 is 17.6 Å². The van der Waals surface area contributed by atoms with Crippen LogP contribution >= 0.6 is 0 Å². The van der Waals surface area contributed by atoms with Crippen LogP contribution in [0.4, 0.5) is 17.6 Å². The van der Waals surface area contributed by atoms with Gasteiger partial charge in [-0.2, -0.15) is 17.6 Å². The number of halogens is 4. The zero-order chi connectivity index (χ0) is 10.9. The normalized spacial score (nSPS) is 14.1. The highest BCUT2D eigenvalue weighted by molar-refractivity contribution is 5.22. The van der Waals surface area contributed by atoms with Crippen LogP contribution in [0.25, 0.3) is 0 Å². The third kappa shape index (κ3) is 2.20. The average molecular weight is 208 g/mol. The van der Waals surface area contributed by atoms with Crippen LogP contribution in [0.15, 0.2) is 12.3 Å². The van der Waals surface area contributed by atoms with E-state index in [4.69, 9.17) is 5.73 Å². The van der Waals surface area contributed by atoms with Crippen molar-refractivity contribution in [3.05, 3.63) is 29.3 Å². The Morgan fingerprint density at radius 1 is 1.43 bits per heavy atom. The van der Waals surface area contributed by atoms with Gasteiger partial charge in [0.25, 0.3) is 0 Å². The smallest absolute Gasteiger partial charge is 0.316 e. The number of rotatable bonds is 1. The molecule has 0 aliphatic carbocycles. The number of nitrogens with two attached hydrogens (primary N) is 1. The molecular weight excluding hydrogens is 200 g/mol. The van der Waals surface area contributed by atoms with E-state index < -0.39 is 23.7 Å². The molecule has 14 heavy (non-hydrogen) atoms. The van der Waals surface area contributed by atoms with E-state index in [-0.39, 0.29) is 0 Å². The third-order valence-corrected chi connectivity index (χ3v) is 1.69. The molecule has 0 fully saturated rings. The number of alkyl halides is 3. The van der Waals surface area contributed by atoms with E-state index in [9.17, 15) is 17.6 Å². The summed E-state index contributed by atoms with van der Waals surface area (Å²) in [6.07, 6.45) is -3.52. The van der Waals surface area contributed by atoms with Gasteiger partial charge in [0.2, 0.25) is 5.95 Å². The molecule has 6 heteroatoms. The molecule has 0 radical (unpaired) electrons. The summed E-state index contributed by atoms with van der Waals surface area (Å²) in [7, 11) is 0. The van der Waals surface area contributed by atoms with E-state index in [1.165, 1.54) is 6.92 Å². The first-order valence-electron chi connectivity index (χ1n) is 3.76. The summed E-state index contributed by atoms with van der Waals surface area (Å²) in [6, 6.07) is -1.28. The van der Waals surface area contributed by atoms with Crippen LogP contribution in [0.5, 0.6) is 0 Å². The average Bonchev–Trinajstić information content (AvgIpc) is 2.06. The van der Waals surface area contributed by atoms with Crippen molar-refractivity contribution in [2.75, 3.05) is 0 Å². The Labute approximate surface area is 77.7 Å². The van der Waals surface area contributed by atoms with Crippen LogP contribution in [0, 0.1) is 12.9 Å². The molecule has 1 heterocycles. The molecule has 1 atom stereocenters. The van der Waals surface area contributed by atoms with Crippen LogP contribution in [-0.4, -0.2) is 11.2 Å². The zero-order valence-corrected chi connectivity index (χ0v) is 7.27. The SMILES string of the molecule is Cc1cnc(F)c([C@H](N)C(F)(F)F)c1. The van der Waals surface area contributed by atoms with Crippen molar-refractivity contribution in [2.45, 2.75) is 19.1 Å². The zero-order valence-electron chi connectivity index (χ0n) is 7.27. The fourth-order valence-electron chi connectivity index (χ4n) is 0.970. The third-order valence-electron chi connectivity index (χ3n) is 1.69. The standard InChI is InChI=1S/C8H8F4N2/c1-4-2-5(7(9)14-3-4)6(13)8(10,11)12/h2-3,6H,13H2,1H3/t6-/m0/s1. The van der Waals surface area contributed by atoms with Gasteiger partial charge in [0, 0.05) is 11.8 Å². The van der Waals surface area contributed by atoms with Gasteiger partial charge in [-0.1, -0.05) is 0 Å². The predicted molar refractivity (Wildman–Crippen MR) is 41.9 cm³/mol. The second kappa shape index (κ2) is 3.53. The second-order valence-corrected chi connectivity index (χ2v) is 2.91. The Morgan fingerprint density at radius 2 is 2.00 bits per heavy atom. The number of hydrogen-bond acceptors (Lipinski definition) is 2. The van der Waals surface area contributed by atoms with Gasteiger partial charge in [-0.25, -0.2) is 4.98 Å². The first-order valence-corrected chi connectivity index (χ1v) is 3.76.